The summed E-state index contributed by atoms with van der Waals surface area (Å²) in [6.45, 7) is 4.99. The van der Waals surface area contributed by atoms with E-state index in [-0.39, 0.29) is 11.8 Å². The number of carbonyl (C=O) groups excluding carboxylic acids is 2. The molecule has 1 heterocycles. The Kier molecular flexibility index (Phi) is 5.40. The molecule has 4 heteroatoms. The molecule has 1 saturated heterocycles. The molecule has 0 radical (unpaired) electrons. The summed E-state index contributed by atoms with van der Waals surface area (Å²) in [5.41, 5.74) is 2.69. The largest absolute Gasteiger partial charge is 0.350 e. The molecule has 0 aliphatic carbocycles. The molecular formula is C22H26N2O2. The zero-order valence-corrected chi connectivity index (χ0v) is 15.5. The van der Waals surface area contributed by atoms with Crippen molar-refractivity contribution in [1.29, 1.82) is 0 Å². The lowest BCUT2D eigenvalue weighted by Crippen LogP contribution is -2.54. The van der Waals surface area contributed by atoms with Crippen molar-refractivity contribution in [3.63, 3.8) is 0 Å². The molecule has 2 aromatic rings. The van der Waals surface area contributed by atoms with Crippen LogP contribution >= 0.6 is 0 Å². The van der Waals surface area contributed by atoms with Gasteiger partial charge in [0.05, 0.1) is 0 Å². The van der Waals surface area contributed by atoms with E-state index in [4.69, 9.17) is 0 Å². The van der Waals surface area contributed by atoms with Crippen LogP contribution in [0.15, 0.2) is 54.6 Å². The van der Waals surface area contributed by atoms with Gasteiger partial charge in [0.25, 0.3) is 0 Å². The van der Waals surface area contributed by atoms with Gasteiger partial charge < -0.3 is 10.2 Å². The molecule has 0 bridgehead atoms. The number of amides is 2. The Balaban J connectivity index is 1.64. The van der Waals surface area contributed by atoms with Crippen molar-refractivity contribution in [2.75, 3.05) is 6.54 Å². The van der Waals surface area contributed by atoms with Crippen LogP contribution in [0.4, 0.5) is 0 Å². The molecule has 136 valence electrons. The molecule has 1 aliphatic heterocycles. The van der Waals surface area contributed by atoms with E-state index in [1.54, 1.807) is 4.90 Å². The third-order valence-corrected chi connectivity index (χ3v) is 5.25. The number of carbonyl (C=O) groups is 2. The number of benzene rings is 2. The summed E-state index contributed by atoms with van der Waals surface area (Å²) in [6.07, 6.45) is 1.76. The molecular weight excluding hydrogens is 324 g/mol. The maximum absolute atomic E-state index is 12.8. The van der Waals surface area contributed by atoms with Gasteiger partial charge in [-0.15, -0.1) is 0 Å². The number of nitrogens with zero attached hydrogens (tertiary/aromatic N) is 1. The molecule has 1 aliphatic rings. The second kappa shape index (κ2) is 7.73. The van der Waals surface area contributed by atoms with Gasteiger partial charge in [-0.2, -0.15) is 0 Å². The van der Waals surface area contributed by atoms with Crippen LogP contribution in [0.2, 0.25) is 0 Å². The Morgan fingerprint density at radius 2 is 1.77 bits per heavy atom. The fourth-order valence-electron chi connectivity index (χ4n) is 3.47. The van der Waals surface area contributed by atoms with Gasteiger partial charge in [0.1, 0.15) is 5.54 Å². The quantitative estimate of drug-likeness (QED) is 0.869. The molecule has 1 atom stereocenters. The molecule has 0 unspecified atom stereocenters. The summed E-state index contributed by atoms with van der Waals surface area (Å²) in [4.78, 5) is 27.0. The van der Waals surface area contributed by atoms with Crippen molar-refractivity contribution >= 4 is 11.8 Å². The van der Waals surface area contributed by atoms with Crippen LogP contribution in [0.25, 0.3) is 0 Å². The first-order valence-electron chi connectivity index (χ1n) is 9.17. The summed E-state index contributed by atoms with van der Waals surface area (Å²) >= 11 is 0. The highest BCUT2D eigenvalue weighted by molar-refractivity contribution is 5.94. The first kappa shape index (κ1) is 18.2. The number of nitrogens with one attached hydrogen (secondary N) is 1. The van der Waals surface area contributed by atoms with Crippen molar-refractivity contribution in [3.8, 4) is 0 Å². The average Bonchev–Trinajstić information content (AvgIpc) is 2.95. The molecule has 0 aromatic heterocycles. The van der Waals surface area contributed by atoms with E-state index in [1.165, 1.54) is 11.1 Å². The van der Waals surface area contributed by atoms with Gasteiger partial charge in [-0.3, -0.25) is 9.59 Å². The standard InChI is InChI=1S/C22H26N2O2/c1-17-8-10-18(11-9-17)13-15-24-20(25)12-14-22(24,2)21(26)23-16-19-6-4-3-5-7-19/h3-11H,12-16H2,1-2H3,(H,23,26)/t22-/m0/s1. The first-order valence-corrected chi connectivity index (χ1v) is 9.17. The van der Waals surface area contributed by atoms with Crippen molar-refractivity contribution in [3.05, 3.63) is 71.3 Å². The summed E-state index contributed by atoms with van der Waals surface area (Å²) in [5, 5.41) is 3.00. The second-order valence-electron chi connectivity index (χ2n) is 7.22. The van der Waals surface area contributed by atoms with E-state index < -0.39 is 5.54 Å². The van der Waals surface area contributed by atoms with Gasteiger partial charge in [-0.1, -0.05) is 60.2 Å². The molecule has 3 rings (SSSR count). The lowest BCUT2D eigenvalue weighted by Gasteiger charge is -2.34. The molecule has 4 nitrogen and oxygen atoms in total. The van der Waals surface area contributed by atoms with Crippen LogP contribution in [-0.4, -0.2) is 28.8 Å². The fraction of sp³-hybridized carbons (Fsp3) is 0.364. The van der Waals surface area contributed by atoms with Crippen LogP contribution in [0.5, 0.6) is 0 Å². The Hall–Kier alpha value is -2.62. The van der Waals surface area contributed by atoms with Crippen molar-refractivity contribution in [2.24, 2.45) is 0 Å². The molecule has 1 N–H and O–H groups in total. The minimum Gasteiger partial charge on any atom is -0.350 e. The Labute approximate surface area is 155 Å². The van der Waals surface area contributed by atoms with Gasteiger partial charge >= 0.3 is 0 Å². The van der Waals surface area contributed by atoms with E-state index in [9.17, 15) is 9.59 Å². The van der Waals surface area contributed by atoms with Crippen molar-refractivity contribution < 1.29 is 9.59 Å². The lowest BCUT2D eigenvalue weighted by molar-refractivity contribution is -0.140. The predicted octanol–water partition coefficient (Wildman–Crippen LogP) is 3.24. The summed E-state index contributed by atoms with van der Waals surface area (Å²) < 4.78 is 0. The smallest absolute Gasteiger partial charge is 0.245 e. The number of hydrogen-bond acceptors (Lipinski definition) is 2. The zero-order valence-electron chi connectivity index (χ0n) is 15.5. The molecule has 1 fully saturated rings. The topological polar surface area (TPSA) is 49.4 Å². The van der Waals surface area contributed by atoms with E-state index in [1.807, 2.05) is 37.3 Å². The second-order valence-corrected chi connectivity index (χ2v) is 7.22. The monoisotopic (exact) mass is 350 g/mol. The number of likely N-dealkylation sites (tertiary alicyclic amines) is 1. The maximum atomic E-state index is 12.8. The highest BCUT2D eigenvalue weighted by atomic mass is 16.2. The number of hydrogen-bond donors (Lipinski definition) is 1. The number of rotatable bonds is 6. The molecule has 0 saturated carbocycles. The fourth-order valence-corrected chi connectivity index (χ4v) is 3.47. The van der Waals surface area contributed by atoms with E-state index in [0.717, 1.165) is 12.0 Å². The minimum atomic E-state index is -0.767. The first-order chi connectivity index (χ1) is 12.5. The van der Waals surface area contributed by atoms with Crippen LogP contribution in [-0.2, 0) is 22.6 Å². The van der Waals surface area contributed by atoms with Gasteiger partial charge in [0.15, 0.2) is 0 Å². The molecule has 2 amide bonds. The third-order valence-electron chi connectivity index (χ3n) is 5.25. The Morgan fingerprint density at radius 3 is 2.46 bits per heavy atom. The molecule has 0 spiro atoms. The Bertz CT molecular complexity index is 770. The predicted molar refractivity (Wildman–Crippen MR) is 103 cm³/mol. The molecule has 26 heavy (non-hydrogen) atoms. The molecule has 2 aromatic carbocycles. The van der Waals surface area contributed by atoms with Crippen LogP contribution in [0.1, 0.15) is 36.5 Å². The summed E-state index contributed by atoms with van der Waals surface area (Å²) in [5.74, 6) is -0.00872. The van der Waals surface area contributed by atoms with Crippen molar-refractivity contribution in [2.45, 2.75) is 45.2 Å². The number of aryl methyl sites for hydroxylation is 1. The van der Waals surface area contributed by atoms with Crippen LogP contribution in [0, 0.1) is 6.92 Å². The van der Waals surface area contributed by atoms with Gasteiger partial charge in [-0.25, -0.2) is 0 Å². The van der Waals surface area contributed by atoms with Gasteiger partial charge in [0, 0.05) is 19.5 Å². The van der Waals surface area contributed by atoms with E-state index in [2.05, 4.69) is 36.5 Å². The highest BCUT2D eigenvalue weighted by Crippen LogP contribution is 2.30. The zero-order chi connectivity index (χ0) is 18.6. The minimum absolute atomic E-state index is 0.0643. The van der Waals surface area contributed by atoms with Gasteiger partial charge in [0.2, 0.25) is 11.8 Å². The highest BCUT2D eigenvalue weighted by Gasteiger charge is 2.46. The van der Waals surface area contributed by atoms with Crippen molar-refractivity contribution in [1.82, 2.24) is 10.2 Å². The summed E-state index contributed by atoms with van der Waals surface area (Å²) in [6, 6.07) is 18.2. The van der Waals surface area contributed by atoms with E-state index >= 15 is 0 Å². The van der Waals surface area contributed by atoms with Crippen LogP contribution in [0.3, 0.4) is 0 Å². The Morgan fingerprint density at radius 1 is 1.08 bits per heavy atom. The lowest BCUT2D eigenvalue weighted by atomic mass is 9.97. The maximum Gasteiger partial charge on any atom is 0.245 e. The van der Waals surface area contributed by atoms with Crippen LogP contribution < -0.4 is 5.32 Å². The van der Waals surface area contributed by atoms with E-state index in [0.29, 0.717) is 25.9 Å². The third kappa shape index (κ3) is 3.96. The SMILES string of the molecule is Cc1ccc(CCN2C(=O)CC[C@@]2(C)C(=O)NCc2ccccc2)cc1. The summed E-state index contributed by atoms with van der Waals surface area (Å²) in [7, 11) is 0. The normalized spacial score (nSPS) is 19.6. The average molecular weight is 350 g/mol. The van der Waals surface area contributed by atoms with Gasteiger partial charge in [-0.05, 0) is 37.8 Å².